The Labute approximate surface area is 257 Å². The highest BCUT2D eigenvalue weighted by atomic mass is 16.5. The summed E-state index contributed by atoms with van der Waals surface area (Å²) in [5.74, 6) is 0.998. The van der Waals surface area contributed by atoms with E-state index < -0.39 is 5.60 Å². The van der Waals surface area contributed by atoms with E-state index in [0.29, 0.717) is 23.1 Å². The molecule has 1 aliphatic rings. The molecule has 0 spiro atoms. The van der Waals surface area contributed by atoms with E-state index in [1.165, 1.54) is 17.7 Å². The van der Waals surface area contributed by atoms with Crippen molar-refractivity contribution in [3.8, 4) is 34.5 Å². The van der Waals surface area contributed by atoms with E-state index >= 15 is 0 Å². The van der Waals surface area contributed by atoms with Gasteiger partial charge in [-0.1, -0.05) is 54.2 Å². The number of aromatic hydroxyl groups is 5. The lowest BCUT2D eigenvalue weighted by Gasteiger charge is -2.37. The fraction of sp³-hybridized carbons (Fsp3) is 0.158. The third-order valence-corrected chi connectivity index (χ3v) is 7.39. The summed E-state index contributed by atoms with van der Waals surface area (Å²) in [6, 6.07) is 20.2. The SMILES string of the molecule is CC(C)=CC1CC(C)(C=Cc2cc(C=Cc3cc(O)cc(O)c3)ccc2O)Oc2ccc(C=Cc3cc(O)cc(O)c3)cc21. The summed E-state index contributed by atoms with van der Waals surface area (Å²) in [5, 5.41) is 49.7. The third kappa shape index (κ3) is 7.53. The quantitative estimate of drug-likeness (QED) is 0.109. The van der Waals surface area contributed by atoms with Gasteiger partial charge >= 0.3 is 0 Å². The van der Waals surface area contributed by atoms with Crippen molar-refractivity contribution in [1.82, 2.24) is 0 Å². The second-order valence-electron chi connectivity index (χ2n) is 11.7. The Morgan fingerprint density at radius 3 is 1.75 bits per heavy atom. The number of ether oxygens (including phenoxy) is 1. The topological polar surface area (TPSA) is 110 Å². The molecule has 1 heterocycles. The minimum absolute atomic E-state index is 0.00504. The molecular formula is C38H36O6. The molecule has 0 saturated carbocycles. The zero-order valence-corrected chi connectivity index (χ0v) is 24.9. The van der Waals surface area contributed by atoms with Gasteiger partial charge in [0.2, 0.25) is 0 Å². The third-order valence-electron chi connectivity index (χ3n) is 7.39. The largest absolute Gasteiger partial charge is 0.508 e. The summed E-state index contributed by atoms with van der Waals surface area (Å²) >= 11 is 0. The van der Waals surface area contributed by atoms with Crippen molar-refractivity contribution in [3.05, 3.63) is 124 Å². The van der Waals surface area contributed by atoms with Crippen molar-refractivity contribution < 1.29 is 30.3 Å². The summed E-state index contributed by atoms with van der Waals surface area (Å²) in [4.78, 5) is 0. The highest BCUT2D eigenvalue weighted by Gasteiger charge is 2.34. The molecule has 6 nitrogen and oxygen atoms in total. The molecule has 4 aromatic rings. The van der Waals surface area contributed by atoms with Gasteiger partial charge in [-0.25, -0.2) is 0 Å². The van der Waals surface area contributed by atoms with Crippen molar-refractivity contribution in [3.63, 3.8) is 0 Å². The van der Waals surface area contributed by atoms with Crippen molar-refractivity contribution in [2.24, 2.45) is 0 Å². The van der Waals surface area contributed by atoms with Gasteiger partial charge in [0.1, 0.15) is 40.1 Å². The fourth-order valence-corrected chi connectivity index (χ4v) is 5.44. The van der Waals surface area contributed by atoms with Crippen LogP contribution in [0.1, 0.15) is 66.5 Å². The molecule has 2 atom stereocenters. The van der Waals surface area contributed by atoms with Crippen LogP contribution < -0.4 is 4.74 Å². The Morgan fingerprint density at radius 1 is 0.659 bits per heavy atom. The lowest BCUT2D eigenvalue weighted by molar-refractivity contribution is 0.108. The van der Waals surface area contributed by atoms with Gasteiger partial charge in [0.25, 0.3) is 0 Å². The number of fused-ring (bicyclic) bond motifs is 1. The molecule has 2 unspecified atom stereocenters. The van der Waals surface area contributed by atoms with Crippen LogP contribution in [0.25, 0.3) is 30.4 Å². The highest BCUT2D eigenvalue weighted by Crippen LogP contribution is 2.44. The number of phenols is 5. The van der Waals surface area contributed by atoms with E-state index in [1.807, 2.05) is 55.5 Å². The van der Waals surface area contributed by atoms with Crippen LogP contribution in [-0.4, -0.2) is 31.1 Å². The van der Waals surface area contributed by atoms with Crippen molar-refractivity contribution in [1.29, 1.82) is 0 Å². The number of hydrogen-bond acceptors (Lipinski definition) is 6. The van der Waals surface area contributed by atoms with Crippen LogP contribution >= 0.6 is 0 Å². The van der Waals surface area contributed by atoms with Crippen molar-refractivity contribution >= 4 is 30.4 Å². The molecule has 0 fully saturated rings. The van der Waals surface area contributed by atoms with Gasteiger partial charge in [0.05, 0.1) is 0 Å². The normalized spacial score (nSPS) is 18.0. The monoisotopic (exact) mass is 588 g/mol. The van der Waals surface area contributed by atoms with Crippen LogP contribution in [0.5, 0.6) is 34.5 Å². The first-order chi connectivity index (χ1) is 20.9. The van der Waals surface area contributed by atoms with E-state index in [1.54, 1.807) is 42.5 Å². The second-order valence-corrected chi connectivity index (χ2v) is 11.7. The summed E-state index contributed by atoms with van der Waals surface area (Å²) in [7, 11) is 0. The van der Waals surface area contributed by atoms with Gasteiger partial charge in [-0.3, -0.25) is 0 Å². The first-order valence-electron chi connectivity index (χ1n) is 14.4. The molecule has 0 bridgehead atoms. The molecular weight excluding hydrogens is 552 g/mol. The predicted molar refractivity (Wildman–Crippen MR) is 177 cm³/mol. The van der Waals surface area contributed by atoms with E-state index in [2.05, 4.69) is 26.0 Å². The van der Waals surface area contributed by atoms with Gasteiger partial charge in [-0.15, -0.1) is 0 Å². The minimum atomic E-state index is -0.641. The molecule has 6 heteroatoms. The average Bonchev–Trinajstić information content (AvgIpc) is 2.94. The molecule has 44 heavy (non-hydrogen) atoms. The Kier molecular flexibility index (Phi) is 8.54. The molecule has 5 rings (SSSR count). The van der Waals surface area contributed by atoms with E-state index in [4.69, 9.17) is 4.74 Å². The van der Waals surface area contributed by atoms with Crippen LogP contribution in [0.15, 0.2) is 90.5 Å². The number of allylic oxidation sites excluding steroid dienone is 2. The predicted octanol–water partition coefficient (Wildman–Crippen LogP) is 8.86. The molecule has 0 aromatic heterocycles. The zero-order valence-electron chi connectivity index (χ0n) is 24.9. The lowest BCUT2D eigenvalue weighted by Crippen LogP contribution is -2.35. The number of rotatable bonds is 7. The van der Waals surface area contributed by atoms with E-state index in [9.17, 15) is 25.5 Å². The van der Waals surface area contributed by atoms with Crippen LogP contribution in [0.4, 0.5) is 0 Å². The van der Waals surface area contributed by atoms with Gasteiger partial charge < -0.3 is 30.3 Å². The summed E-state index contributed by atoms with van der Waals surface area (Å²) < 4.78 is 6.55. The number of hydrogen-bond donors (Lipinski definition) is 5. The van der Waals surface area contributed by atoms with Gasteiger partial charge in [-0.05, 0) is 97.6 Å². The summed E-state index contributed by atoms with van der Waals surface area (Å²) in [6.45, 7) is 6.20. The van der Waals surface area contributed by atoms with E-state index in [0.717, 1.165) is 22.4 Å². The van der Waals surface area contributed by atoms with Crippen molar-refractivity contribution in [2.75, 3.05) is 0 Å². The Bertz CT molecular complexity index is 1770. The van der Waals surface area contributed by atoms with Crippen LogP contribution in [0, 0.1) is 0 Å². The molecule has 1 aliphatic heterocycles. The van der Waals surface area contributed by atoms with Crippen LogP contribution in [-0.2, 0) is 0 Å². The molecule has 5 N–H and O–H groups in total. The minimum Gasteiger partial charge on any atom is -0.508 e. The van der Waals surface area contributed by atoms with Crippen molar-refractivity contribution in [2.45, 2.75) is 38.7 Å². The fourth-order valence-electron chi connectivity index (χ4n) is 5.44. The molecule has 4 aromatic carbocycles. The number of phenolic OH excluding ortho intramolecular Hbond substituents is 5. The van der Waals surface area contributed by atoms with Gasteiger partial charge in [0.15, 0.2) is 0 Å². The maximum absolute atomic E-state index is 10.6. The molecule has 224 valence electrons. The zero-order chi connectivity index (χ0) is 31.4. The van der Waals surface area contributed by atoms with E-state index in [-0.39, 0.29) is 34.7 Å². The Hall–Kier alpha value is -5.36. The smallest absolute Gasteiger partial charge is 0.126 e. The highest BCUT2D eigenvalue weighted by molar-refractivity contribution is 5.74. The van der Waals surface area contributed by atoms with Crippen LogP contribution in [0.2, 0.25) is 0 Å². The Balaban J connectivity index is 1.39. The van der Waals surface area contributed by atoms with Gasteiger partial charge in [-0.2, -0.15) is 0 Å². The summed E-state index contributed by atoms with van der Waals surface area (Å²) in [6.07, 6.45) is 14.2. The standard InChI is InChI=1S/C38H36O6/c1-24(2)14-30-23-38(3,44-37-11-9-26(20-35(30)37)5-7-28-18-33(41)22-34(42)19-28)13-12-29-15-25(8-10-36(29)43)4-6-27-16-31(39)21-32(40)17-27/h4-22,30,39-43H,23H2,1-3H3. The van der Waals surface area contributed by atoms with Crippen LogP contribution in [0.3, 0.4) is 0 Å². The molecule has 0 radical (unpaired) electrons. The average molecular weight is 589 g/mol. The summed E-state index contributed by atoms with van der Waals surface area (Å²) in [5.41, 5.74) is 5.42. The maximum Gasteiger partial charge on any atom is 0.126 e. The maximum atomic E-state index is 10.6. The second kappa shape index (κ2) is 12.5. The Morgan fingerprint density at radius 2 is 1.18 bits per heavy atom. The first kappa shape index (κ1) is 30.1. The first-order valence-corrected chi connectivity index (χ1v) is 14.4. The number of benzene rings is 4. The molecule has 0 amide bonds. The lowest BCUT2D eigenvalue weighted by atomic mass is 9.81. The molecule has 0 aliphatic carbocycles. The van der Waals surface area contributed by atoms with Gasteiger partial charge in [0, 0.05) is 35.6 Å². The molecule has 0 saturated heterocycles.